The standard InChI is InChI=1S/C24H29N3O2.2ClH/c1-17(13-18-5-3-2-4-6-18)22-14-23(22)26-20-9-11-27(12-10-20)16-21-8-7-19(15-25-21)24(28)29;;/h2-8,13,15,20,22-23,26H,9-12,14,16H2,1H3,(H,28,29);2*1H. The van der Waals surface area contributed by atoms with Crippen LogP contribution in [0.25, 0.3) is 6.08 Å². The van der Waals surface area contributed by atoms with Gasteiger partial charge >= 0.3 is 5.97 Å². The van der Waals surface area contributed by atoms with E-state index in [-0.39, 0.29) is 30.4 Å². The van der Waals surface area contributed by atoms with Crippen molar-refractivity contribution >= 4 is 36.9 Å². The molecular formula is C24H31Cl2N3O2. The molecule has 4 rings (SSSR count). The van der Waals surface area contributed by atoms with Gasteiger partial charge in [0.25, 0.3) is 0 Å². The number of likely N-dealkylation sites (tertiary alicyclic amines) is 1. The Morgan fingerprint density at radius 1 is 1.16 bits per heavy atom. The second kappa shape index (κ2) is 11.6. The summed E-state index contributed by atoms with van der Waals surface area (Å²) >= 11 is 0. The van der Waals surface area contributed by atoms with E-state index in [9.17, 15) is 4.79 Å². The number of nitrogens with one attached hydrogen (secondary N) is 1. The monoisotopic (exact) mass is 463 g/mol. The summed E-state index contributed by atoms with van der Waals surface area (Å²) in [5.41, 5.74) is 3.94. The normalized spacial score (nSPS) is 21.6. The van der Waals surface area contributed by atoms with Crippen molar-refractivity contribution in [2.24, 2.45) is 5.92 Å². The Hall–Kier alpha value is -1.92. The number of aromatic nitrogens is 1. The summed E-state index contributed by atoms with van der Waals surface area (Å²) in [6.45, 7) is 5.15. The summed E-state index contributed by atoms with van der Waals surface area (Å²) in [5, 5.41) is 12.8. The minimum Gasteiger partial charge on any atom is -0.478 e. The summed E-state index contributed by atoms with van der Waals surface area (Å²) in [7, 11) is 0. The predicted molar refractivity (Wildman–Crippen MR) is 129 cm³/mol. The van der Waals surface area contributed by atoms with Crippen molar-refractivity contribution in [2.45, 2.75) is 44.8 Å². The van der Waals surface area contributed by atoms with Crippen LogP contribution >= 0.6 is 24.8 Å². The van der Waals surface area contributed by atoms with Crippen molar-refractivity contribution in [3.63, 3.8) is 0 Å². The molecular weight excluding hydrogens is 433 g/mol. The lowest BCUT2D eigenvalue weighted by Gasteiger charge is -2.32. The van der Waals surface area contributed by atoms with Gasteiger partial charge in [0.2, 0.25) is 0 Å². The first-order valence-electron chi connectivity index (χ1n) is 10.5. The first kappa shape index (κ1) is 25.3. The second-order valence-corrected chi connectivity index (χ2v) is 8.31. The number of hydrogen-bond acceptors (Lipinski definition) is 4. The third-order valence-corrected chi connectivity index (χ3v) is 6.06. The van der Waals surface area contributed by atoms with Crippen LogP contribution in [0.4, 0.5) is 0 Å². The third kappa shape index (κ3) is 7.04. The van der Waals surface area contributed by atoms with Gasteiger partial charge in [-0.05, 0) is 49.8 Å². The zero-order chi connectivity index (χ0) is 20.2. The van der Waals surface area contributed by atoms with Crippen molar-refractivity contribution in [3.05, 3.63) is 71.1 Å². The Kier molecular flexibility index (Phi) is 9.51. The van der Waals surface area contributed by atoms with Gasteiger partial charge < -0.3 is 10.4 Å². The highest BCUT2D eigenvalue weighted by Crippen LogP contribution is 2.38. The molecule has 2 heterocycles. The van der Waals surface area contributed by atoms with Crippen LogP contribution in [-0.2, 0) is 6.54 Å². The van der Waals surface area contributed by atoms with Gasteiger partial charge in [0.1, 0.15) is 0 Å². The van der Waals surface area contributed by atoms with E-state index in [4.69, 9.17) is 5.11 Å². The molecule has 1 aliphatic carbocycles. The van der Waals surface area contributed by atoms with E-state index in [1.165, 1.54) is 23.8 Å². The van der Waals surface area contributed by atoms with Gasteiger partial charge in [-0.25, -0.2) is 4.79 Å². The molecule has 168 valence electrons. The number of carboxylic acids is 1. The van der Waals surface area contributed by atoms with Crippen molar-refractivity contribution in [3.8, 4) is 0 Å². The molecule has 2 N–H and O–H groups in total. The fraction of sp³-hybridized carbons (Fsp3) is 0.417. The molecule has 5 nitrogen and oxygen atoms in total. The zero-order valence-electron chi connectivity index (χ0n) is 17.7. The van der Waals surface area contributed by atoms with E-state index in [0.717, 1.165) is 38.2 Å². The first-order valence-corrected chi connectivity index (χ1v) is 10.5. The van der Waals surface area contributed by atoms with Crippen LogP contribution in [0.5, 0.6) is 0 Å². The molecule has 1 aliphatic heterocycles. The molecule has 1 saturated heterocycles. The van der Waals surface area contributed by atoms with Crippen LogP contribution in [0.15, 0.2) is 54.2 Å². The van der Waals surface area contributed by atoms with Gasteiger partial charge in [0, 0.05) is 37.9 Å². The number of hydrogen-bond donors (Lipinski definition) is 2. The Labute approximate surface area is 196 Å². The number of pyridine rings is 1. The highest BCUT2D eigenvalue weighted by molar-refractivity contribution is 5.87. The smallest absolute Gasteiger partial charge is 0.337 e. The van der Waals surface area contributed by atoms with E-state index >= 15 is 0 Å². The van der Waals surface area contributed by atoms with Crippen LogP contribution in [0, 0.1) is 5.92 Å². The number of carbonyl (C=O) groups is 1. The van der Waals surface area contributed by atoms with Gasteiger partial charge in [0.15, 0.2) is 0 Å². The van der Waals surface area contributed by atoms with Gasteiger partial charge in [-0.15, -0.1) is 24.8 Å². The van der Waals surface area contributed by atoms with Gasteiger partial charge in [-0.1, -0.05) is 42.0 Å². The van der Waals surface area contributed by atoms with Crippen molar-refractivity contribution < 1.29 is 9.90 Å². The van der Waals surface area contributed by atoms with E-state index < -0.39 is 5.97 Å². The van der Waals surface area contributed by atoms with Crippen molar-refractivity contribution in [1.82, 2.24) is 15.2 Å². The maximum absolute atomic E-state index is 10.9. The highest BCUT2D eigenvalue weighted by atomic mass is 35.5. The summed E-state index contributed by atoms with van der Waals surface area (Å²) in [6, 6.07) is 15.2. The fourth-order valence-corrected chi connectivity index (χ4v) is 4.24. The molecule has 0 amide bonds. The summed E-state index contributed by atoms with van der Waals surface area (Å²) < 4.78 is 0. The minimum atomic E-state index is -0.928. The molecule has 2 aliphatic rings. The molecule has 2 fully saturated rings. The van der Waals surface area contributed by atoms with E-state index in [0.29, 0.717) is 18.0 Å². The molecule has 31 heavy (non-hydrogen) atoms. The molecule has 0 spiro atoms. The predicted octanol–water partition coefficient (Wildman–Crippen LogP) is 4.67. The lowest BCUT2D eigenvalue weighted by atomic mass is 10.0. The van der Waals surface area contributed by atoms with Crippen LogP contribution < -0.4 is 5.32 Å². The van der Waals surface area contributed by atoms with Crippen LogP contribution in [0.2, 0.25) is 0 Å². The van der Waals surface area contributed by atoms with Gasteiger partial charge in [-0.3, -0.25) is 9.88 Å². The first-order chi connectivity index (χ1) is 14.1. The molecule has 7 heteroatoms. The SMILES string of the molecule is CC(=Cc1ccccc1)C1CC1NC1CCN(Cc2ccc(C(=O)O)cn2)CC1.Cl.Cl. The molecule has 0 bridgehead atoms. The summed E-state index contributed by atoms with van der Waals surface area (Å²) in [6.07, 6.45) is 7.31. The molecule has 2 unspecified atom stereocenters. The van der Waals surface area contributed by atoms with Crippen LogP contribution in [0.1, 0.15) is 47.8 Å². The van der Waals surface area contributed by atoms with Gasteiger partial charge in [-0.2, -0.15) is 0 Å². The van der Waals surface area contributed by atoms with E-state index in [1.54, 1.807) is 6.07 Å². The zero-order valence-corrected chi connectivity index (χ0v) is 19.4. The lowest BCUT2D eigenvalue weighted by Crippen LogP contribution is -2.43. The van der Waals surface area contributed by atoms with Crippen molar-refractivity contribution in [2.75, 3.05) is 13.1 Å². The number of nitrogens with zero attached hydrogens (tertiary/aromatic N) is 2. The Morgan fingerprint density at radius 2 is 1.87 bits per heavy atom. The molecule has 1 aromatic heterocycles. The average Bonchev–Trinajstić information content (AvgIpc) is 3.50. The quantitative estimate of drug-likeness (QED) is 0.624. The second-order valence-electron chi connectivity index (χ2n) is 8.31. The van der Waals surface area contributed by atoms with E-state index in [1.807, 2.05) is 6.07 Å². The van der Waals surface area contributed by atoms with Crippen LogP contribution in [0.3, 0.4) is 0 Å². The number of rotatable bonds is 7. The number of piperidine rings is 1. The topological polar surface area (TPSA) is 65.5 Å². The van der Waals surface area contributed by atoms with Gasteiger partial charge in [0.05, 0.1) is 11.3 Å². The molecule has 0 radical (unpaired) electrons. The molecule has 1 saturated carbocycles. The lowest BCUT2D eigenvalue weighted by molar-refractivity contribution is 0.0696. The fourth-order valence-electron chi connectivity index (χ4n) is 4.24. The van der Waals surface area contributed by atoms with Crippen molar-refractivity contribution in [1.29, 1.82) is 0 Å². The number of aromatic carboxylic acids is 1. The maximum Gasteiger partial charge on any atom is 0.337 e. The van der Waals surface area contributed by atoms with Crippen LogP contribution in [-0.4, -0.2) is 46.1 Å². The Morgan fingerprint density at radius 3 is 2.48 bits per heavy atom. The van der Waals surface area contributed by atoms with E-state index in [2.05, 4.69) is 58.5 Å². The largest absolute Gasteiger partial charge is 0.478 e. The molecule has 1 aromatic carbocycles. The number of benzene rings is 1. The summed E-state index contributed by atoms with van der Waals surface area (Å²) in [5.74, 6) is -0.256. The number of carboxylic acid groups (broad SMARTS) is 1. The summed E-state index contributed by atoms with van der Waals surface area (Å²) in [4.78, 5) is 17.6. The molecule has 2 aromatic rings. The highest BCUT2D eigenvalue weighted by Gasteiger charge is 2.39. The maximum atomic E-state index is 10.9. The molecule has 2 atom stereocenters. The minimum absolute atomic E-state index is 0. The Balaban J connectivity index is 0.00000171. The average molecular weight is 464 g/mol. The number of halogens is 2. The Bertz CT molecular complexity index is 866. The third-order valence-electron chi connectivity index (χ3n) is 6.06.